The monoisotopic (exact) mass is 339 g/mol. The SMILES string of the molecule is Cc1nc(CN2CCC(CNc3nc4ccccc4[nH]3)CC2)oc1C. The fourth-order valence-corrected chi connectivity index (χ4v) is 3.42. The maximum Gasteiger partial charge on any atom is 0.208 e. The van der Waals surface area contributed by atoms with Crippen LogP contribution >= 0.6 is 0 Å². The lowest BCUT2D eigenvalue weighted by Gasteiger charge is -2.31. The minimum absolute atomic E-state index is 0.678. The summed E-state index contributed by atoms with van der Waals surface area (Å²) in [5.41, 5.74) is 3.09. The average molecular weight is 339 g/mol. The average Bonchev–Trinajstić information content (AvgIpc) is 3.17. The van der Waals surface area contributed by atoms with E-state index in [0.717, 1.165) is 60.5 Å². The van der Waals surface area contributed by atoms with Crippen LogP contribution in [-0.2, 0) is 6.54 Å². The number of likely N-dealkylation sites (tertiary alicyclic amines) is 1. The molecule has 132 valence electrons. The molecule has 0 aliphatic carbocycles. The molecule has 6 nitrogen and oxygen atoms in total. The van der Waals surface area contributed by atoms with Crippen LogP contribution in [0.3, 0.4) is 0 Å². The molecule has 1 fully saturated rings. The smallest absolute Gasteiger partial charge is 0.208 e. The number of nitrogens with zero attached hydrogens (tertiary/aromatic N) is 3. The van der Waals surface area contributed by atoms with Crippen LogP contribution in [-0.4, -0.2) is 39.5 Å². The second-order valence-corrected chi connectivity index (χ2v) is 6.95. The fraction of sp³-hybridized carbons (Fsp3) is 0.474. The van der Waals surface area contributed by atoms with Crippen molar-refractivity contribution in [2.75, 3.05) is 25.0 Å². The zero-order chi connectivity index (χ0) is 17.2. The second-order valence-electron chi connectivity index (χ2n) is 6.95. The van der Waals surface area contributed by atoms with E-state index in [-0.39, 0.29) is 0 Å². The van der Waals surface area contributed by atoms with Crippen molar-refractivity contribution in [1.29, 1.82) is 0 Å². The Bertz CT molecular complexity index is 792. The molecule has 0 radical (unpaired) electrons. The fourth-order valence-electron chi connectivity index (χ4n) is 3.42. The standard InChI is InChI=1S/C19H25N5O/c1-13-14(2)25-18(21-13)12-24-9-7-15(8-10-24)11-20-19-22-16-5-3-4-6-17(16)23-19/h3-6,15H,7-12H2,1-2H3,(H2,20,22,23). The number of hydrogen-bond donors (Lipinski definition) is 2. The lowest BCUT2D eigenvalue weighted by molar-refractivity contribution is 0.167. The van der Waals surface area contributed by atoms with Gasteiger partial charge < -0.3 is 14.7 Å². The Balaban J connectivity index is 1.26. The summed E-state index contributed by atoms with van der Waals surface area (Å²) in [5.74, 6) is 3.32. The van der Waals surface area contributed by atoms with Gasteiger partial charge in [-0.05, 0) is 57.8 Å². The van der Waals surface area contributed by atoms with Crippen LogP contribution in [0.2, 0.25) is 0 Å². The summed E-state index contributed by atoms with van der Waals surface area (Å²) in [4.78, 5) is 14.8. The summed E-state index contributed by atoms with van der Waals surface area (Å²) in [7, 11) is 0. The van der Waals surface area contributed by atoms with E-state index in [0.29, 0.717) is 5.92 Å². The topological polar surface area (TPSA) is 70.0 Å². The van der Waals surface area contributed by atoms with Gasteiger partial charge in [0.1, 0.15) is 5.76 Å². The molecule has 1 aliphatic rings. The van der Waals surface area contributed by atoms with Gasteiger partial charge in [0.25, 0.3) is 0 Å². The summed E-state index contributed by atoms with van der Waals surface area (Å²) >= 11 is 0. The van der Waals surface area contributed by atoms with Gasteiger partial charge in [0.2, 0.25) is 11.8 Å². The summed E-state index contributed by atoms with van der Waals surface area (Å²) in [6.07, 6.45) is 2.37. The Labute approximate surface area is 147 Å². The molecule has 0 spiro atoms. The van der Waals surface area contributed by atoms with Gasteiger partial charge in [-0.2, -0.15) is 0 Å². The minimum Gasteiger partial charge on any atom is -0.444 e. The highest BCUT2D eigenvalue weighted by molar-refractivity contribution is 5.77. The van der Waals surface area contributed by atoms with Crippen molar-refractivity contribution in [2.45, 2.75) is 33.2 Å². The molecule has 0 bridgehead atoms. The third-order valence-corrected chi connectivity index (χ3v) is 5.09. The van der Waals surface area contributed by atoms with Crippen molar-refractivity contribution in [3.63, 3.8) is 0 Å². The van der Waals surface area contributed by atoms with E-state index < -0.39 is 0 Å². The molecule has 0 unspecified atom stereocenters. The molecule has 2 N–H and O–H groups in total. The van der Waals surface area contributed by atoms with Gasteiger partial charge in [0, 0.05) is 6.54 Å². The van der Waals surface area contributed by atoms with Gasteiger partial charge in [-0.3, -0.25) is 4.90 Å². The number of para-hydroxylation sites is 2. The number of aromatic nitrogens is 3. The van der Waals surface area contributed by atoms with Crippen molar-refractivity contribution in [1.82, 2.24) is 19.9 Å². The predicted octanol–water partition coefficient (Wildman–Crippen LogP) is 3.49. The lowest BCUT2D eigenvalue weighted by atomic mass is 9.97. The molecule has 1 aromatic carbocycles. The molecule has 0 amide bonds. The highest BCUT2D eigenvalue weighted by atomic mass is 16.4. The summed E-state index contributed by atoms with van der Waals surface area (Å²) in [5, 5.41) is 3.46. The summed E-state index contributed by atoms with van der Waals surface area (Å²) in [6.45, 7) is 7.93. The first-order chi connectivity index (χ1) is 12.2. The van der Waals surface area contributed by atoms with Crippen LogP contribution in [0.15, 0.2) is 28.7 Å². The van der Waals surface area contributed by atoms with Gasteiger partial charge in [-0.1, -0.05) is 12.1 Å². The molecule has 0 saturated carbocycles. The number of imidazole rings is 1. The number of oxazole rings is 1. The number of fused-ring (bicyclic) bond motifs is 1. The molecule has 1 aliphatic heterocycles. The second kappa shape index (κ2) is 6.88. The number of nitrogens with one attached hydrogen (secondary N) is 2. The zero-order valence-electron chi connectivity index (χ0n) is 14.9. The van der Waals surface area contributed by atoms with Crippen LogP contribution in [0, 0.1) is 19.8 Å². The molecule has 6 heteroatoms. The number of benzene rings is 1. The molecule has 1 saturated heterocycles. The van der Waals surface area contributed by atoms with E-state index in [1.165, 1.54) is 12.8 Å². The quantitative estimate of drug-likeness (QED) is 0.744. The minimum atomic E-state index is 0.678. The molecule has 2 aromatic heterocycles. The van der Waals surface area contributed by atoms with Crippen LogP contribution in [0.25, 0.3) is 11.0 Å². The van der Waals surface area contributed by atoms with E-state index in [9.17, 15) is 0 Å². The lowest BCUT2D eigenvalue weighted by Crippen LogP contribution is -2.35. The van der Waals surface area contributed by atoms with E-state index >= 15 is 0 Å². The first-order valence-corrected chi connectivity index (χ1v) is 9.01. The van der Waals surface area contributed by atoms with Crippen molar-refractivity contribution in [2.24, 2.45) is 5.92 Å². The Morgan fingerprint density at radius 1 is 1.20 bits per heavy atom. The third-order valence-electron chi connectivity index (χ3n) is 5.09. The highest BCUT2D eigenvalue weighted by Crippen LogP contribution is 2.21. The Kier molecular flexibility index (Phi) is 4.44. The zero-order valence-corrected chi connectivity index (χ0v) is 14.9. The van der Waals surface area contributed by atoms with Gasteiger partial charge in [-0.25, -0.2) is 9.97 Å². The highest BCUT2D eigenvalue weighted by Gasteiger charge is 2.21. The van der Waals surface area contributed by atoms with E-state index in [1.807, 2.05) is 32.0 Å². The Morgan fingerprint density at radius 3 is 2.72 bits per heavy atom. The largest absolute Gasteiger partial charge is 0.444 e. The molecular formula is C19H25N5O. The van der Waals surface area contributed by atoms with Crippen LogP contribution < -0.4 is 5.32 Å². The van der Waals surface area contributed by atoms with Gasteiger partial charge in [-0.15, -0.1) is 0 Å². The first kappa shape index (κ1) is 16.1. The van der Waals surface area contributed by atoms with Crippen molar-refractivity contribution < 1.29 is 4.42 Å². The van der Waals surface area contributed by atoms with Gasteiger partial charge in [0.05, 0.1) is 23.3 Å². The maximum atomic E-state index is 5.70. The first-order valence-electron chi connectivity index (χ1n) is 9.01. The van der Waals surface area contributed by atoms with Gasteiger partial charge in [0.15, 0.2) is 0 Å². The normalized spacial score (nSPS) is 16.6. The van der Waals surface area contributed by atoms with Crippen LogP contribution in [0.1, 0.15) is 30.2 Å². The van der Waals surface area contributed by atoms with Crippen molar-refractivity contribution >= 4 is 17.0 Å². The number of hydrogen-bond acceptors (Lipinski definition) is 5. The molecular weight excluding hydrogens is 314 g/mol. The molecule has 25 heavy (non-hydrogen) atoms. The van der Waals surface area contributed by atoms with Gasteiger partial charge >= 0.3 is 0 Å². The molecule has 3 aromatic rings. The third kappa shape index (κ3) is 3.69. The number of anilines is 1. The van der Waals surface area contributed by atoms with Crippen LogP contribution in [0.4, 0.5) is 5.95 Å². The molecule has 3 heterocycles. The van der Waals surface area contributed by atoms with Crippen molar-refractivity contribution in [3.05, 3.63) is 41.6 Å². The van der Waals surface area contributed by atoms with Crippen molar-refractivity contribution in [3.8, 4) is 0 Å². The number of rotatable bonds is 5. The maximum absolute atomic E-state index is 5.70. The summed E-state index contributed by atoms with van der Waals surface area (Å²) < 4.78 is 5.70. The Morgan fingerprint density at radius 2 is 2.00 bits per heavy atom. The van der Waals surface area contributed by atoms with Crippen LogP contribution in [0.5, 0.6) is 0 Å². The number of H-pyrrole nitrogens is 1. The number of piperidine rings is 1. The number of aryl methyl sites for hydroxylation is 2. The Hall–Kier alpha value is -2.34. The summed E-state index contributed by atoms with van der Waals surface area (Å²) in [6, 6.07) is 8.12. The predicted molar refractivity (Wildman–Crippen MR) is 98.6 cm³/mol. The molecule has 0 atom stereocenters. The van der Waals surface area contributed by atoms with E-state index in [2.05, 4.69) is 31.2 Å². The molecule has 4 rings (SSSR count). The van der Waals surface area contributed by atoms with E-state index in [4.69, 9.17) is 4.42 Å². The van der Waals surface area contributed by atoms with E-state index in [1.54, 1.807) is 0 Å². The number of aromatic amines is 1.